The minimum atomic E-state index is 0.126. The van der Waals surface area contributed by atoms with E-state index in [0.717, 1.165) is 44.6 Å². The fourth-order valence-corrected chi connectivity index (χ4v) is 3.21. The molecule has 1 fully saturated rings. The number of H-pyrrole nitrogens is 1. The molecule has 0 unspecified atom stereocenters. The number of hydrogen-bond donors (Lipinski definition) is 1. The maximum absolute atomic E-state index is 12.9. The Morgan fingerprint density at radius 1 is 1.30 bits per heavy atom. The van der Waals surface area contributed by atoms with Gasteiger partial charge in [0.1, 0.15) is 0 Å². The first-order valence-electron chi connectivity index (χ1n) is 8.39. The summed E-state index contributed by atoms with van der Waals surface area (Å²) >= 11 is 0. The molecule has 1 saturated heterocycles. The van der Waals surface area contributed by atoms with Gasteiger partial charge in [-0.15, -0.1) is 0 Å². The molecule has 0 bridgehead atoms. The van der Waals surface area contributed by atoms with Crippen molar-refractivity contribution in [3.05, 3.63) is 48.5 Å². The number of urea groups is 1. The molecule has 122 valence electrons. The van der Waals surface area contributed by atoms with Gasteiger partial charge in [-0.05, 0) is 31.4 Å². The monoisotopic (exact) mass is 312 g/mol. The minimum Gasteiger partial charge on any atom is -0.348 e. The summed E-state index contributed by atoms with van der Waals surface area (Å²) in [6.07, 6.45) is 6.55. The largest absolute Gasteiger partial charge is 0.348 e. The maximum atomic E-state index is 12.9. The van der Waals surface area contributed by atoms with Crippen LogP contribution in [0.25, 0.3) is 0 Å². The Labute approximate surface area is 137 Å². The van der Waals surface area contributed by atoms with Gasteiger partial charge in [-0.2, -0.15) is 0 Å². The second-order valence-corrected chi connectivity index (χ2v) is 6.04. The van der Waals surface area contributed by atoms with Crippen molar-refractivity contribution in [3.63, 3.8) is 0 Å². The number of nitrogens with one attached hydrogen (secondary N) is 1. The number of aromatic amines is 1. The average Bonchev–Trinajstić information content (AvgIpc) is 3.15. The minimum absolute atomic E-state index is 0.126. The molecule has 5 nitrogen and oxygen atoms in total. The Bertz CT molecular complexity index is 603. The number of rotatable bonds is 4. The Morgan fingerprint density at radius 3 is 2.65 bits per heavy atom. The first kappa shape index (κ1) is 15.6. The van der Waals surface area contributed by atoms with Gasteiger partial charge in [0.15, 0.2) is 0 Å². The fraction of sp³-hybridized carbons (Fsp3) is 0.444. The zero-order chi connectivity index (χ0) is 16.1. The molecule has 2 amide bonds. The van der Waals surface area contributed by atoms with Crippen LogP contribution in [0, 0.1) is 0 Å². The standard InChI is InChI=1S/C18H24N4O/c1-2-10-22(16-6-4-3-5-7-16)18(23)21-11-8-15(9-12-21)17-13-19-14-20-17/h3-7,13-15H,2,8-12H2,1H3,(H,19,20). The van der Waals surface area contributed by atoms with Crippen LogP contribution in [-0.2, 0) is 0 Å². The van der Waals surface area contributed by atoms with Gasteiger partial charge in [0, 0.05) is 43.1 Å². The fourth-order valence-electron chi connectivity index (χ4n) is 3.21. The molecule has 0 saturated carbocycles. The molecule has 1 aromatic carbocycles. The molecule has 0 atom stereocenters. The van der Waals surface area contributed by atoms with E-state index < -0.39 is 0 Å². The third-order valence-corrected chi connectivity index (χ3v) is 4.47. The molecular weight excluding hydrogens is 288 g/mol. The number of carbonyl (C=O) groups excluding carboxylic acids is 1. The van der Waals surface area contributed by atoms with Crippen LogP contribution in [-0.4, -0.2) is 40.5 Å². The molecule has 3 rings (SSSR count). The van der Waals surface area contributed by atoms with Crippen LogP contribution in [0.4, 0.5) is 10.5 Å². The third kappa shape index (κ3) is 3.55. The van der Waals surface area contributed by atoms with E-state index in [4.69, 9.17) is 0 Å². The number of aromatic nitrogens is 2. The van der Waals surface area contributed by atoms with Crippen molar-refractivity contribution in [3.8, 4) is 0 Å². The molecule has 0 spiro atoms. The molecule has 1 N–H and O–H groups in total. The first-order valence-corrected chi connectivity index (χ1v) is 8.39. The van der Waals surface area contributed by atoms with E-state index in [1.54, 1.807) is 6.33 Å². The molecule has 2 aromatic rings. The topological polar surface area (TPSA) is 52.2 Å². The number of likely N-dealkylation sites (tertiary alicyclic amines) is 1. The van der Waals surface area contributed by atoms with E-state index in [9.17, 15) is 4.79 Å². The zero-order valence-electron chi connectivity index (χ0n) is 13.6. The molecule has 0 radical (unpaired) electrons. The van der Waals surface area contributed by atoms with Gasteiger partial charge in [-0.25, -0.2) is 9.78 Å². The van der Waals surface area contributed by atoms with Gasteiger partial charge in [0.25, 0.3) is 0 Å². The highest BCUT2D eigenvalue weighted by atomic mass is 16.2. The zero-order valence-corrected chi connectivity index (χ0v) is 13.6. The molecule has 2 heterocycles. The lowest BCUT2D eigenvalue weighted by atomic mass is 9.94. The Hall–Kier alpha value is -2.30. The SMILES string of the molecule is CCCN(C(=O)N1CCC(c2cnc[nH]2)CC1)c1ccccc1. The second kappa shape index (κ2) is 7.31. The number of carbonyl (C=O) groups is 1. The quantitative estimate of drug-likeness (QED) is 0.937. The van der Waals surface area contributed by atoms with E-state index in [1.165, 1.54) is 5.69 Å². The van der Waals surface area contributed by atoms with Crippen molar-refractivity contribution in [1.82, 2.24) is 14.9 Å². The van der Waals surface area contributed by atoms with E-state index in [2.05, 4.69) is 16.9 Å². The van der Waals surface area contributed by atoms with E-state index in [1.807, 2.05) is 46.3 Å². The summed E-state index contributed by atoms with van der Waals surface area (Å²) in [5.41, 5.74) is 2.17. The van der Waals surface area contributed by atoms with Crippen molar-refractivity contribution >= 4 is 11.7 Å². The van der Waals surface area contributed by atoms with E-state index >= 15 is 0 Å². The van der Waals surface area contributed by atoms with E-state index in [-0.39, 0.29) is 6.03 Å². The number of piperidine rings is 1. The number of nitrogens with zero attached hydrogens (tertiary/aromatic N) is 3. The van der Waals surface area contributed by atoms with Crippen LogP contribution < -0.4 is 4.90 Å². The third-order valence-electron chi connectivity index (χ3n) is 4.47. The van der Waals surface area contributed by atoms with Gasteiger partial charge < -0.3 is 9.88 Å². The summed E-state index contributed by atoms with van der Waals surface area (Å²) in [5.74, 6) is 0.484. The molecule has 1 aromatic heterocycles. The van der Waals surface area contributed by atoms with Gasteiger partial charge in [-0.1, -0.05) is 25.1 Å². The predicted molar refractivity (Wildman–Crippen MR) is 91.6 cm³/mol. The van der Waals surface area contributed by atoms with E-state index in [0.29, 0.717) is 5.92 Å². The lowest BCUT2D eigenvalue weighted by molar-refractivity contribution is 0.187. The van der Waals surface area contributed by atoms with Gasteiger partial charge in [0.05, 0.1) is 6.33 Å². The van der Waals surface area contributed by atoms with Crippen molar-refractivity contribution in [2.24, 2.45) is 0 Å². The summed E-state index contributed by atoms with van der Waals surface area (Å²) in [7, 11) is 0. The number of amides is 2. The number of imidazole rings is 1. The lowest BCUT2D eigenvalue weighted by Crippen LogP contribution is -2.47. The van der Waals surface area contributed by atoms with Crippen molar-refractivity contribution in [2.75, 3.05) is 24.5 Å². The highest BCUT2D eigenvalue weighted by molar-refractivity contribution is 5.92. The number of hydrogen-bond acceptors (Lipinski definition) is 2. The van der Waals surface area contributed by atoms with Crippen LogP contribution in [0.2, 0.25) is 0 Å². The molecule has 5 heteroatoms. The molecule has 1 aliphatic heterocycles. The average molecular weight is 312 g/mol. The Kier molecular flexibility index (Phi) is 4.95. The van der Waals surface area contributed by atoms with Crippen LogP contribution in [0.5, 0.6) is 0 Å². The number of para-hydroxylation sites is 1. The van der Waals surface area contributed by atoms with Crippen LogP contribution >= 0.6 is 0 Å². The van der Waals surface area contributed by atoms with Crippen molar-refractivity contribution in [1.29, 1.82) is 0 Å². The summed E-state index contributed by atoms with van der Waals surface area (Å²) in [6.45, 7) is 4.46. The summed E-state index contributed by atoms with van der Waals surface area (Å²) in [4.78, 5) is 24.1. The van der Waals surface area contributed by atoms with Crippen molar-refractivity contribution in [2.45, 2.75) is 32.1 Å². The molecular formula is C18H24N4O. The summed E-state index contributed by atoms with van der Waals surface area (Å²) < 4.78 is 0. The molecule has 0 aliphatic carbocycles. The Balaban J connectivity index is 1.65. The summed E-state index contributed by atoms with van der Waals surface area (Å²) in [5, 5.41) is 0. The first-order chi connectivity index (χ1) is 11.3. The smallest absolute Gasteiger partial charge is 0.324 e. The van der Waals surface area contributed by atoms with Gasteiger partial charge in [0.2, 0.25) is 0 Å². The second-order valence-electron chi connectivity index (χ2n) is 6.04. The highest BCUT2D eigenvalue weighted by Gasteiger charge is 2.27. The van der Waals surface area contributed by atoms with Crippen LogP contribution in [0.15, 0.2) is 42.9 Å². The van der Waals surface area contributed by atoms with Gasteiger partial charge >= 0.3 is 6.03 Å². The predicted octanol–water partition coefficient (Wildman–Crippen LogP) is 3.63. The van der Waals surface area contributed by atoms with Crippen LogP contribution in [0.1, 0.15) is 37.8 Å². The van der Waals surface area contributed by atoms with Gasteiger partial charge in [-0.3, -0.25) is 4.90 Å². The van der Waals surface area contributed by atoms with Crippen LogP contribution in [0.3, 0.4) is 0 Å². The maximum Gasteiger partial charge on any atom is 0.324 e. The molecule has 1 aliphatic rings. The number of anilines is 1. The highest BCUT2D eigenvalue weighted by Crippen LogP contribution is 2.27. The number of benzene rings is 1. The Morgan fingerprint density at radius 2 is 2.04 bits per heavy atom. The molecule has 23 heavy (non-hydrogen) atoms. The lowest BCUT2D eigenvalue weighted by Gasteiger charge is -2.35. The van der Waals surface area contributed by atoms with Crippen molar-refractivity contribution < 1.29 is 4.79 Å². The normalized spacial score (nSPS) is 15.6. The summed E-state index contributed by atoms with van der Waals surface area (Å²) in [6, 6.07) is 10.1.